The van der Waals surface area contributed by atoms with Crippen molar-refractivity contribution in [1.82, 2.24) is 4.72 Å². The maximum atomic E-state index is 13.0. The zero-order chi connectivity index (χ0) is 18.9. The van der Waals surface area contributed by atoms with Crippen molar-refractivity contribution >= 4 is 27.4 Å². The number of halogens is 1. The number of hydrogen-bond acceptors (Lipinski definition) is 4. The molecule has 0 aromatic heterocycles. The number of carbonyl (C=O) groups excluding carboxylic acids is 2. The minimum absolute atomic E-state index is 0.0180. The van der Waals surface area contributed by atoms with Gasteiger partial charge in [-0.25, -0.2) is 12.8 Å². The second kappa shape index (κ2) is 6.97. The molecule has 6 nitrogen and oxygen atoms in total. The molecule has 1 saturated heterocycles. The second-order valence-corrected chi connectivity index (χ2v) is 7.72. The molecule has 136 valence electrons. The van der Waals surface area contributed by atoms with E-state index in [2.05, 4.69) is 4.72 Å². The van der Waals surface area contributed by atoms with Crippen LogP contribution in [0.2, 0.25) is 0 Å². The molecular formula is C18H17FN2O4S. The SMILES string of the molecule is CC(=O)c1ccc(S(=O)(=O)N[C@H]2CCN(c3ccc(F)cc3)C2=O)cc1. The first-order valence-electron chi connectivity index (χ1n) is 7.98. The molecule has 0 radical (unpaired) electrons. The van der Waals surface area contributed by atoms with E-state index in [0.717, 1.165) is 0 Å². The van der Waals surface area contributed by atoms with Crippen LogP contribution in [0, 0.1) is 5.82 Å². The Morgan fingerprint density at radius 1 is 1.12 bits per heavy atom. The van der Waals surface area contributed by atoms with Gasteiger partial charge >= 0.3 is 0 Å². The van der Waals surface area contributed by atoms with Crippen molar-refractivity contribution in [3.8, 4) is 0 Å². The third-order valence-electron chi connectivity index (χ3n) is 4.21. The summed E-state index contributed by atoms with van der Waals surface area (Å²) in [6.07, 6.45) is 0.307. The maximum absolute atomic E-state index is 13.0. The van der Waals surface area contributed by atoms with Crippen LogP contribution < -0.4 is 9.62 Å². The van der Waals surface area contributed by atoms with Gasteiger partial charge in [0.25, 0.3) is 0 Å². The summed E-state index contributed by atoms with van der Waals surface area (Å²) in [7, 11) is -3.90. The van der Waals surface area contributed by atoms with Crippen LogP contribution in [0.25, 0.3) is 0 Å². The molecule has 2 aromatic rings. The summed E-state index contributed by atoms with van der Waals surface area (Å²) >= 11 is 0. The van der Waals surface area contributed by atoms with Crippen molar-refractivity contribution in [2.45, 2.75) is 24.3 Å². The quantitative estimate of drug-likeness (QED) is 0.810. The standard InChI is InChI=1S/C18H17FN2O4S/c1-12(22)13-2-8-16(9-3-13)26(24,25)20-17-10-11-21(18(17)23)15-6-4-14(19)5-7-15/h2-9,17,20H,10-11H2,1H3/t17-/m0/s1. The van der Waals surface area contributed by atoms with Crippen molar-refractivity contribution in [1.29, 1.82) is 0 Å². The molecule has 2 aromatic carbocycles. The molecule has 0 bridgehead atoms. The number of sulfonamides is 1. The number of carbonyl (C=O) groups is 2. The van der Waals surface area contributed by atoms with Gasteiger partial charge in [0, 0.05) is 17.8 Å². The van der Waals surface area contributed by atoms with E-state index in [1.807, 2.05) is 0 Å². The van der Waals surface area contributed by atoms with Gasteiger partial charge in [-0.1, -0.05) is 12.1 Å². The molecule has 1 aliphatic rings. The van der Waals surface area contributed by atoms with E-state index in [1.165, 1.54) is 60.4 Å². The monoisotopic (exact) mass is 376 g/mol. The van der Waals surface area contributed by atoms with Crippen LogP contribution in [0.15, 0.2) is 53.4 Å². The molecular weight excluding hydrogens is 359 g/mol. The second-order valence-electron chi connectivity index (χ2n) is 6.01. The third-order valence-corrected chi connectivity index (χ3v) is 5.70. The number of amides is 1. The van der Waals surface area contributed by atoms with Crippen molar-refractivity contribution in [2.75, 3.05) is 11.4 Å². The van der Waals surface area contributed by atoms with E-state index in [1.54, 1.807) is 0 Å². The Bertz CT molecular complexity index is 940. The molecule has 1 heterocycles. The zero-order valence-electron chi connectivity index (χ0n) is 14.0. The lowest BCUT2D eigenvalue weighted by molar-refractivity contribution is -0.118. The van der Waals surface area contributed by atoms with Crippen molar-refractivity contribution in [2.24, 2.45) is 0 Å². The minimum atomic E-state index is -3.90. The van der Waals surface area contributed by atoms with Gasteiger partial charge in [0.2, 0.25) is 15.9 Å². The number of hydrogen-bond donors (Lipinski definition) is 1. The lowest BCUT2D eigenvalue weighted by Crippen LogP contribution is -2.41. The van der Waals surface area contributed by atoms with Crippen LogP contribution in [-0.2, 0) is 14.8 Å². The minimum Gasteiger partial charge on any atom is -0.311 e. The van der Waals surface area contributed by atoms with Crippen molar-refractivity contribution in [3.05, 3.63) is 59.9 Å². The van der Waals surface area contributed by atoms with Crippen molar-refractivity contribution in [3.63, 3.8) is 0 Å². The van der Waals surface area contributed by atoms with E-state index in [4.69, 9.17) is 0 Å². The smallest absolute Gasteiger partial charge is 0.245 e. The van der Waals surface area contributed by atoms with Gasteiger partial charge in [-0.05, 0) is 49.7 Å². The number of benzene rings is 2. The molecule has 1 atom stereocenters. The molecule has 3 rings (SSSR count). The highest BCUT2D eigenvalue weighted by Crippen LogP contribution is 2.23. The fourth-order valence-corrected chi connectivity index (χ4v) is 4.01. The predicted octanol–water partition coefficient (Wildman–Crippen LogP) is 2.11. The van der Waals surface area contributed by atoms with E-state index in [0.29, 0.717) is 24.2 Å². The van der Waals surface area contributed by atoms with E-state index < -0.39 is 21.9 Å². The lowest BCUT2D eigenvalue weighted by Gasteiger charge is -2.17. The van der Waals surface area contributed by atoms with Crippen LogP contribution in [0.3, 0.4) is 0 Å². The van der Waals surface area contributed by atoms with Gasteiger partial charge in [-0.2, -0.15) is 4.72 Å². The molecule has 1 fully saturated rings. The molecule has 0 unspecified atom stereocenters. The van der Waals surface area contributed by atoms with Crippen LogP contribution in [-0.4, -0.2) is 32.7 Å². The summed E-state index contributed by atoms with van der Waals surface area (Å²) in [6.45, 7) is 1.73. The fourth-order valence-electron chi connectivity index (χ4n) is 2.79. The van der Waals surface area contributed by atoms with Gasteiger partial charge in [0.1, 0.15) is 11.9 Å². The molecule has 0 spiro atoms. The molecule has 0 aliphatic carbocycles. The molecule has 1 N–H and O–H groups in total. The van der Waals surface area contributed by atoms with Gasteiger partial charge < -0.3 is 4.90 Å². The third kappa shape index (κ3) is 3.66. The molecule has 0 saturated carbocycles. The summed E-state index contributed by atoms with van der Waals surface area (Å²) < 4.78 is 40.4. The number of rotatable bonds is 5. The van der Waals surface area contributed by atoms with E-state index >= 15 is 0 Å². The molecule has 8 heteroatoms. The summed E-state index contributed by atoms with van der Waals surface area (Å²) in [5.74, 6) is -0.963. The van der Waals surface area contributed by atoms with Gasteiger partial charge in [-0.3, -0.25) is 9.59 Å². The van der Waals surface area contributed by atoms with E-state index in [-0.39, 0.29) is 16.6 Å². The van der Waals surface area contributed by atoms with Crippen LogP contribution in [0.5, 0.6) is 0 Å². The van der Waals surface area contributed by atoms with Crippen LogP contribution in [0.4, 0.5) is 10.1 Å². The Hall–Kier alpha value is -2.58. The van der Waals surface area contributed by atoms with E-state index in [9.17, 15) is 22.4 Å². The fraction of sp³-hybridized carbons (Fsp3) is 0.222. The average molecular weight is 376 g/mol. The maximum Gasteiger partial charge on any atom is 0.245 e. The normalized spacial score (nSPS) is 17.5. The molecule has 1 amide bonds. The highest BCUT2D eigenvalue weighted by Gasteiger charge is 2.35. The Morgan fingerprint density at radius 3 is 2.31 bits per heavy atom. The van der Waals surface area contributed by atoms with Gasteiger partial charge in [-0.15, -0.1) is 0 Å². The summed E-state index contributed by atoms with van der Waals surface area (Å²) in [6, 6.07) is 10.1. The number of anilines is 1. The first kappa shape index (κ1) is 18.2. The molecule has 1 aliphatic heterocycles. The Balaban J connectivity index is 1.75. The predicted molar refractivity (Wildman–Crippen MR) is 93.9 cm³/mol. The number of nitrogens with one attached hydrogen (secondary N) is 1. The Kier molecular flexibility index (Phi) is 4.88. The highest BCUT2D eigenvalue weighted by atomic mass is 32.2. The van der Waals surface area contributed by atoms with Gasteiger partial charge in [0.05, 0.1) is 4.90 Å². The number of nitrogens with zero attached hydrogens (tertiary/aromatic N) is 1. The van der Waals surface area contributed by atoms with Crippen molar-refractivity contribution < 1.29 is 22.4 Å². The number of ketones is 1. The average Bonchev–Trinajstić information content (AvgIpc) is 2.96. The first-order valence-corrected chi connectivity index (χ1v) is 9.46. The summed E-state index contributed by atoms with van der Waals surface area (Å²) in [4.78, 5) is 25.2. The Morgan fingerprint density at radius 2 is 1.73 bits per heavy atom. The largest absolute Gasteiger partial charge is 0.311 e. The van der Waals surface area contributed by atoms with Crippen LogP contribution >= 0.6 is 0 Å². The first-order chi connectivity index (χ1) is 12.3. The topological polar surface area (TPSA) is 83.6 Å². The lowest BCUT2D eigenvalue weighted by atomic mass is 10.2. The number of Topliss-reactive ketones (excluding diaryl/α,β-unsaturated/α-hetero) is 1. The highest BCUT2D eigenvalue weighted by molar-refractivity contribution is 7.89. The zero-order valence-corrected chi connectivity index (χ0v) is 14.8. The summed E-state index contributed by atoms with van der Waals surface area (Å²) in [5, 5.41) is 0. The summed E-state index contributed by atoms with van der Waals surface area (Å²) in [5.41, 5.74) is 0.923. The van der Waals surface area contributed by atoms with Gasteiger partial charge in [0.15, 0.2) is 5.78 Å². The van der Waals surface area contributed by atoms with Crippen LogP contribution in [0.1, 0.15) is 23.7 Å². The Labute approximate surface area is 150 Å². The molecule has 26 heavy (non-hydrogen) atoms.